The van der Waals surface area contributed by atoms with Crippen LogP contribution < -0.4 is 5.32 Å². The fourth-order valence-corrected chi connectivity index (χ4v) is 2.68. The van der Waals surface area contributed by atoms with Crippen molar-refractivity contribution >= 4 is 28.7 Å². The van der Waals surface area contributed by atoms with Gasteiger partial charge in [-0.3, -0.25) is 0 Å². The van der Waals surface area contributed by atoms with Crippen LogP contribution in [0.15, 0.2) is 0 Å². The van der Waals surface area contributed by atoms with Crippen molar-refractivity contribution in [2.24, 2.45) is 0 Å². The van der Waals surface area contributed by atoms with Gasteiger partial charge in [0, 0.05) is 6.54 Å². The van der Waals surface area contributed by atoms with Crippen molar-refractivity contribution in [2.75, 3.05) is 11.0 Å². The Kier molecular flexibility index (Phi) is 13.6. The summed E-state index contributed by atoms with van der Waals surface area (Å²) in [4.78, 5) is 11.4. The third-order valence-electron chi connectivity index (χ3n) is 3.23. The van der Waals surface area contributed by atoms with E-state index in [4.69, 9.17) is 4.74 Å². The molecule has 3 nitrogen and oxygen atoms in total. The Hall–Kier alpha value is 0. The van der Waals surface area contributed by atoms with Crippen LogP contribution in [0.2, 0.25) is 0 Å². The van der Waals surface area contributed by atoms with Crippen molar-refractivity contribution in [1.29, 1.82) is 0 Å². The van der Waals surface area contributed by atoms with Gasteiger partial charge in [0.15, 0.2) is 0 Å². The van der Waals surface area contributed by atoms with Crippen molar-refractivity contribution < 1.29 is 9.53 Å². The Morgan fingerprint density at radius 3 is 1.71 bits per heavy atom. The van der Waals surface area contributed by atoms with E-state index in [9.17, 15) is 4.79 Å². The highest BCUT2D eigenvalue weighted by Crippen LogP contribution is 2.11. The van der Waals surface area contributed by atoms with E-state index in [1.54, 1.807) is 0 Å². The maximum atomic E-state index is 11.4. The lowest BCUT2D eigenvalue weighted by Crippen LogP contribution is -2.32. The molecule has 0 atom stereocenters. The second kappa shape index (κ2) is 13.6. The van der Waals surface area contributed by atoms with E-state index in [0.717, 1.165) is 13.0 Å². The van der Waals surface area contributed by atoms with Gasteiger partial charge in [0.2, 0.25) is 0 Å². The highest BCUT2D eigenvalue weighted by atomic mass is 127. The minimum atomic E-state index is -0.402. The molecule has 21 heavy (non-hydrogen) atoms. The number of unbranched alkanes of at least 4 members (excludes halogenated alkanes) is 9. The second-order valence-electron chi connectivity index (χ2n) is 6.65. The van der Waals surface area contributed by atoms with Gasteiger partial charge in [-0.25, -0.2) is 4.79 Å². The number of hydrogen-bond donors (Lipinski definition) is 1. The molecule has 0 fully saturated rings. The van der Waals surface area contributed by atoms with E-state index < -0.39 is 5.60 Å². The van der Waals surface area contributed by atoms with E-state index in [1.807, 2.05) is 20.8 Å². The SMILES string of the molecule is CC(C)(C)OC(=O)NCCCCCCCCCCCCI. The van der Waals surface area contributed by atoms with Crippen molar-refractivity contribution in [1.82, 2.24) is 5.32 Å². The van der Waals surface area contributed by atoms with E-state index in [2.05, 4.69) is 27.9 Å². The maximum Gasteiger partial charge on any atom is 0.407 e. The first-order valence-corrected chi connectivity index (χ1v) is 10.0. The molecule has 4 heteroatoms. The van der Waals surface area contributed by atoms with Crippen LogP contribution in [-0.4, -0.2) is 22.7 Å². The lowest BCUT2D eigenvalue weighted by molar-refractivity contribution is 0.0527. The quantitative estimate of drug-likeness (QED) is 0.249. The van der Waals surface area contributed by atoms with Gasteiger partial charge in [0.25, 0.3) is 0 Å². The van der Waals surface area contributed by atoms with Crippen molar-refractivity contribution in [3.05, 3.63) is 0 Å². The predicted octanol–water partition coefficient (Wildman–Crippen LogP) is 5.85. The molecular formula is C17H34INO2. The summed E-state index contributed by atoms with van der Waals surface area (Å²) in [5.41, 5.74) is -0.402. The summed E-state index contributed by atoms with van der Waals surface area (Å²) in [5.74, 6) is 0. The van der Waals surface area contributed by atoms with Gasteiger partial charge in [0.1, 0.15) is 5.60 Å². The first-order chi connectivity index (χ1) is 9.95. The molecule has 0 heterocycles. The third-order valence-corrected chi connectivity index (χ3v) is 3.99. The fraction of sp³-hybridized carbons (Fsp3) is 0.941. The number of ether oxygens (including phenoxy) is 1. The summed E-state index contributed by atoms with van der Waals surface area (Å²) in [7, 11) is 0. The van der Waals surface area contributed by atoms with Gasteiger partial charge in [-0.15, -0.1) is 0 Å². The number of halogens is 1. The second-order valence-corrected chi connectivity index (χ2v) is 7.73. The third kappa shape index (κ3) is 18.0. The number of carbonyl (C=O) groups is 1. The lowest BCUT2D eigenvalue weighted by Gasteiger charge is -2.19. The van der Waals surface area contributed by atoms with Crippen LogP contribution in [0.5, 0.6) is 0 Å². The van der Waals surface area contributed by atoms with Crippen LogP contribution in [0, 0.1) is 0 Å². The number of rotatable bonds is 12. The lowest BCUT2D eigenvalue weighted by atomic mass is 10.1. The zero-order valence-corrected chi connectivity index (χ0v) is 16.3. The topological polar surface area (TPSA) is 38.3 Å². The van der Waals surface area contributed by atoms with Crippen LogP contribution in [0.3, 0.4) is 0 Å². The molecule has 0 aromatic heterocycles. The molecule has 126 valence electrons. The van der Waals surface area contributed by atoms with E-state index in [1.165, 1.54) is 62.2 Å². The Labute approximate surface area is 145 Å². The number of nitrogens with one attached hydrogen (secondary N) is 1. The monoisotopic (exact) mass is 411 g/mol. The molecule has 1 N–H and O–H groups in total. The van der Waals surface area contributed by atoms with E-state index in [-0.39, 0.29) is 6.09 Å². The van der Waals surface area contributed by atoms with Crippen molar-refractivity contribution in [2.45, 2.75) is 90.6 Å². The summed E-state index contributed by atoms with van der Waals surface area (Å²) in [6.45, 7) is 6.38. The molecule has 0 radical (unpaired) electrons. The van der Waals surface area contributed by atoms with Gasteiger partial charge in [-0.05, 0) is 38.0 Å². The average Bonchev–Trinajstić information content (AvgIpc) is 2.38. The zero-order chi connectivity index (χ0) is 16.0. The largest absolute Gasteiger partial charge is 0.444 e. The molecule has 0 spiro atoms. The Balaban J connectivity index is 3.17. The van der Waals surface area contributed by atoms with Crippen LogP contribution >= 0.6 is 22.6 Å². The van der Waals surface area contributed by atoms with Crippen LogP contribution in [0.1, 0.15) is 85.0 Å². The Morgan fingerprint density at radius 2 is 1.29 bits per heavy atom. The predicted molar refractivity (Wildman–Crippen MR) is 99.3 cm³/mol. The summed E-state index contributed by atoms with van der Waals surface area (Å²) >= 11 is 2.45. The highest BCUT2D eigenvalue weighted by Gasteiger charge is 2.15. The number of alkyl carbamates (subject to hydrolysis) is 1. The molecule has 0 rings (SSSR count). The van der Waals surface area contributed by atoms with Gasteiger partial charge in [-0.2, -0.15) is 0 Å². The molecule has 0 unspecified atom stereocenters. The summed E-state index contributed by atoms with van der Waals surface area (Å²) < 4.78 is 6.49. The fourth-order valence-electron chi connectivity index (χ4n) is 2.14. The average molecular weight is 411 g/mol. The van der Waals surface area contributed by atoms with Crippen LogP contribution in [0.4, 0.5) is 4.79 Å². The molecule has 0 bridgehead atoms. The highest BCUT2D eigenvalue weighted by molar-refractivity contribution is 14.1. The Bertz CT molecular complexity index is 252. The van der Waals surface area contributed by atoms with Gasteiger partial charge >= 0.3 is 6.09 Å². The zero-order valence-electron chi connectivity index (χ0n) is 14.2. The molecule has 0 aromatic carbocycles. The van der Waals surface area contributed by atoms with Crippen molar-refractivity contribution in [3.63, 3.8) is 0 Å². The number of alkyl halides is 1. The molecular weight excluding hydrogens is 377 g/mol. The molecule has 0 saturated heterocycles. The standard InChI is InChI=1S/C17H34INO2/c1-17(2,3)21-16(20)19-15-13-11-9-7-5-4-6-8-10-12-14-18/h4-15H2,1-3H3,(H,19,20). The molecule has 1 amide bonds. The van der Waals surface area contributed by atoms with Gasteiger partial charge < -0.3 is 10.1 Å². The number of hydrogen-bond acceptors (Lipinski definition) is 2. The molecule has 0 aromatic rings. The Morgan fingerprint density at radius 1 is 0.857 bits per heavy atom. The maximum absolute atomic E-state index is 11.4. The van der Waals surface area contributed by atoms with Crippen molar-refractivity contribution in [3.8, 4) is 0 Å². The number of amides is 1. The summed E-state index contributed by atoms with van der Waals surface area (Å²) in [5, 5.41) is 2.81. The number of carbonyl (C=O) groups excluding carboxylic acids is 1. The van der Waals surface area contributed by atoms with E-state index in [0.29, 0.717) is 0 Å². The molecule has 0 aliphatic heterocycles. The normalized spacial score (nSPS) is 11.4. The minimum absolute atomic E-state index is 0.297. The first kappa shape index (κ1) is 21.0. The van der Waals surface area contributed by atoms with Gasteiger partial charge in [-0.1, -0.05) is 74.0 Å². The molecule has 0 saturated carbocycles. The first-order valence-electron chi connectivity index (χ1n) is 8.48. The molecule has 0 aliphatic rings. The van der Waals surface area contributed by atoms with E-state index >= 15 is 0 Å². The summed E-state index contributed by atoms with van der Waals surface area (Å²) in [6, 6.07) is 0. The van der Waals surface area contributed by atoms with Gasteiger partial charge in [0.05, 0.1) is 0 Å². The van der Waals surface area contributed by atoms with Crippen LogP contribution in [0.25, 0.3) is 0 Å². The van der Waals surface area contributed by atoms with Crippen LogP contribution in [-0.2, 0) is 4.74 Å². The minimum Gasteiger partial charge on any atom is -0.444 e. The summed E-state index contributed by atoms with van der Waals surface area (Å²) in [6.07, 6.45) is 12.9. The molecule has 0 aliphatic carbocycles. The smallest absolute Gasteiger partial charge is 0.407 e.